The minimum Gasteiger partial charge on any atom is -0.496 e. The number of carbonyl (C=O) groups excluding carboxylic acids is 2. The Balaban J connectivity index is 1.58. The number of hydrogen-bond donors (Lipinski definition) is 2. The van der Waals surface area contributed by atoms with E-state index in [1.807, 2.05) is 20.2 Å². The first-order chi connectivity index (χ1) is 20.8. The van der Waals surface area contributed by atoms with Crippen molar-refractivity contribution in [3.05, 3.63) is 57.8 Å². The van der Waals surface area contributed by atoms with E-state index in [9.17, 15) is 14.0 Å². The number of unbranched alkanes of at least 4 members (excludes halogenated alkanes) is 1. The molecule has 0 bridgehead atoms. The Kier molecular flexibility index (Phi) is 9.70. The summed E-state index contributed by atoms with van der Waals surface area (Å²) in [5, 5.41) is 11.7. The van der Waals surface area contributed by atoms with Gasteiger partial charge < -0.3 is 20.1 Å². The third kappa shape index (κ3) is 6.56. The molecule has 11 nitrogen and oxygen atoms in total. The zero-order chi connectivity index (χ0) is 30.5. The van der Waals surface area contributed by atoms with E-state index < -0.39 is 17.8 Å². The molecule has 43 heavy (non-hydrogen) atoms. The molecule has 2 amide bonds. The molecule has 3 heterocycles. The molecule has 1 unspecified atom stereocenters. The molecule has 2 N–H and O–H groups in total. The van der Waals surface area contributed by atoms with Gasteiger partial charge in [-0.1, -0.05) is 19.4 Å². The van der Waals surface area contributed by atoms with Crippen LogP contribution < -0.4 is 20.3 Å². The zero-order valence-corrected chi connectivity index (χ0v) is 26.4. The van der Waals surface area contributed by atoms with Gasteiger partial charge in [-0.15, -0.1) is 0 Å². The number of hydrogen-bond acceptors (Lipinski definition) is 8. The number of aryl methyl sites for hydroxylation is 1. The average molecular weight is 702 g/mol. The highest BCUT2D eigenvalue weighted by Gasteiger charge is 2.33. The maximum Gasteiger partial charge on any atom is 0.414 e. The third-order valence-corrected chi connectivity index (χ3v) is 8.01. The lowest BCUT2D eigenvalue weighted by Gasteiger charge is -2.35. The number of anilines is 2. The van der Waals surface area contributed by atoms with Gasteiger partial charge in [-0.3, -0.25) is 14.4 Å². The second-order valence-electron chi connectivity index (χ2n) is 10.2. The van der Waals surface area contributed by atoms with E-state index in [4.69, 9.17) is 9.47 Å². The first kappa shape index (κ1) is 30.6. The molecule has 1 atom stereocenters. The maximum absolute atomic E-state index is 14.8. The molecule has 226 valence electrons. The molecule has 4 aromatic rings. The molecule has 0 saturated carbocycles. The Labute approximate surface area is 262 Å². The number of benzene rings is 2. The van der Waals surface area contributed by atoms with Crippen LogP contribution in [0.4, 0.5) is 20.6 Å². The highest BCUT2D eigenvalue weighted by atomic mass is 127. The first-order valence-electron chi connectivity index (χ1n) is 14.1. The largest absolute Gasteiger partial charge is 0.496 e. The van der Waals surface area contributed by atoms with Gasteiger partial charge in [-0.25, -0.2) is 19.2 Å². The Bertz CT molecular complexity index is 1640. The molecule has 0 spiro atoms. The van der Waals surface area contributed by atoms with E-state index in [2.05, 4.69) is 48.3 Å². The fourth-order valence-corrected chi connectivity index (χ4v) is 5.84. The summed E-state index contributed by atoms with van der Waals surface area (Å²) >= 11 is 2.17. The van der Waals surface area contributed by atoms with E-state index in [1.165, 1.54) is 31.5 Å². The van der Waals surface area contributed by atoms with Crippen LogP contribution in [0.3, 0.4) is 0 Å². The van der Waals surface area contributed by atoms with Gasteiger partial charge in [0.2, 0.25) is 0 Å². The second kappa shape index (κ2) is 13.6. The first-order valence-corrected chi connectivity index (χ1v) is 15.2. The number of rotatable bonds is 9. The van der Waals surface area contributed by atoms with Crippen molar-refractivity contribution < 1.29 is 23.5 Å². The highest BCUT2D eigenvalue weighted by Crippen LogP contribution is 2.40. The predicted molar refractivity (Wildman–Crippen MR) is 170 cm³/mol. The van der Waals surface area contributed by atoms with Crippen LogP contribution in [0.1, 0.15) is 43.1 Å². The molecular weight excluding hydrogens is 668 g/mol. The fraction of sp³-hybridized carbons (Fsp3) is 0.367. The van der Waals surface area contributed by atoms with E-state index >= 15 is 0 Å². The second-order valence-corrected chi connectivity index (χ2v) is 11.4. The smallest absolute Gasteiger partial charge is 0.414 e. The topological polar surface area (TPSA) is 124 Å². The molecule has 0 aliphatic carbocycles. The van der Waals surface area contributed by atoms with Gasteiger partial charge in [-0.2, -0.15) is 5.10 Å². The summed E-state index contributed by atoms with van der Waals surface area (Å²) < 4.78 is 28.3. The number of aromatic nitrogens is 4. The molecular formula is C30H33FIN7O4. The van der Waals surface area contributed by atoms with Gasteiger partial charge in [0.05, 0.1) is 36.7 Å². The normalized spacial score (nSPS) is 14.9. The summed E-state index contributed by atoms with van der Waals surface area (Å²) in [6.07, 6.45) is 6.01. The van der Waals surface area contributed by atoms with Crippen LogP contribution in [-0.4, -0.2) is 64.6 Å². The molecule has 13 heteroatoms. The van der Waals surface area contributed by atoms with Crippen molar-refractivity contribution in [1.29, 1.82) is 0 Å². The highest BCUT2D eigenvalue weighted by molar-refractivity contribution is 14.1. The number of piperidine rings is 1. The summed E-state index contributed by atoms with van der Waals surface area (Å²) in [6, 6.07) is 7.42. The molecule has 1 fully saturated rings. The van der Waals surface area contributed by atoms with E-state index in [-0.39, 0.29) is 35.5 Å². The number of halogens is 2. The summed E-state index contributed by atoms with van der Waals surface area (Å²) in [4.78, 5) is 37.7. The standard InChI is InChI=1S/C30H33FIN7O4/c1-4-5-14-43-30(41)39(18-8-7-12-33-16-18)27-19-17-38(2)37-26(19)21(32)15-23(27)36-29(40)22-11-13-34-28(35-22)25-20(31)9-6-10-24(25)42-3/h6,9-11,13,15,17-18,33H,4-5,7-8,12,14,16H2,1-3H3,(H,36,40). The maximum atomic E-state index is 14.8. The molecule has 2 aromatic carbocycles. The predicted octanol–water partition coefficient (Wildman–Crippen LogP) is 5.53. The number of methoxy groups -OCH3 is 1. The van der Waals surface area contributed by atoms with Gasteiger partial charge >= 0.3 is 6.09 Å². The zero-order valence-electron chi connectivity index (χ0n) is 24.2. The monoisotopic (exact) mass is 701 g/mol. The lowest BCUT2D eigenvalue weighted by Crippen LogP contribution is -2.49. The summed E-state index contributed by atoms with van der Waals surface area (Å²) in [7, 11) is 3.23. The molecule has 5 rings (SSSR count). The number of carbonyl (C=O) groups is 2. The van der Waals surface area contributed by atoms with Crippen molar-refractivity contribution in [3.8, 4) is 17.1 Å². The molecule has 2 aromatic heterocycles. The van der Waals surface area contributed by atoms with Crippen LogP contribution in [0.5, 0.6) is 5.75 Å². The van der Waals surface area contributed by atoms with E-state index in [0.717, 1.165) is 35.8 Å². The van der Waals surface area contributed by atoms with Crippen molar-refractivity contribution in [3.63, 3.8) is 0 Å². The van der Waals surface area contributed by atoms with Crippen LogP contribution >= 0.6 is 22.6 Å². The fourth-order valence-electron chi connectivity index (χ4n) is 5.14. The van der Waals surface area contributed by atoms with Crippen molar-refractivity contribution in [2.24, 2.45) is 7.05 Å². The molecule has 1 saturated heterocycles. The van der Waals surface area contributed by atoms with E-state index in [0.29, 0.717) is 28.8 Å². The van der Waals surface area contributed by atoms with Crippen LogP contribution in [-0.2, 0) is 11.8 Å². The number of fused-ring (bicyclic) bond motifs is 1. The van der Waals surface area contributed by atoms with Crippen molar-refractivity contribution >= 4 is 56.9 Å². The minimum atomic E-state index is -0.575. The Morgan fingerprint density at radius 3 is 2.88 bits per heavy atom. The third-order valence-electron chi connectivity index (χ3n) is 7.19. The summed E-state index contributed by atoms with van der Waals surface area (Å²) in [6.45, 7) is 3.75. The Hall–Kier alpha value is -3.85. The van der Waals surface area contributed by atoms with Crippen LogP contribution in [0.25, 0.3) is 22.3 Å². The number of amides is 2. The number of ether oxygens (including phenoxy) is 2. The lowest BCUT2D eigenvalue weighted by atomic mass is 10.0. The Morgan fingerprint density at radius 1 is 1.30 bits per heavy atom. The van der Waals surface area contributed by atoms with Crippen molar-refractivity contribution in [2.75, 3.05) is 37.0 Å². The molecule has 1 aliphatic rings. The van der Waals surface area contributed by atoms with Gasteiger partial charge in [0, 0.05) is 34.9 Å². The summed E-state index contributed by atoms with van der Waals surface area (Å²) in [5.74, 6) is -0.876. The molecule has 1 aliphatic heterocycles. The van der Waals surface area contributed by atoms with Crippen molar-refractivity contribution in [1.82, 2.24) is 25.1 Å². The lowest BCUT2D eigenvalue weighted by molar-refractivity contribution is 0.102. The number of nitrogens with one attached hydrogen (secondary N) is 2. The van der Waals surface area contributed by atoms with E-state index in [1.54, 1.807) is 21.7 Å². The summed E-state index contributed by atoms with van der Waals surface area (Å²) in [5.41, 5.74) is 1.66. The van der Waals surface area contributed by atoms with Crippen molar-refractivity contribution in [2.45, 2.75) is 38.6 Å². The minimum absolute atomic E-state index is 0.00882. The van der Waals surface area contributed by atoms with Gasteiger partial charge in [0.1, 0.15) is 22.8 Å². The van der Waals surface area contributed by atoms with Gasteiger partial charge in [0.25, 0.3) is 5.91 Å². The average Bonchev–Trinajstić information content (AvgIpc) is 3.41. The van der Waals surface area contributed by atoms with Crippen LogP contribution in [0.15, 0.2) is 42.7 Å². The number of nitrogens with zero attached hydrogens (tertiary/aromatic N) is 5. The van der Waals surface area contributed by atoms with Gasteiger partial charge in [-0.05, 0) is 72.7 Å². The van der Waals surface area contributed by atoms with Crippen LogP contribution in [0, 0.1) is 9.39 Å². The molecule has 0 radical (unpaired) electrons. The quantitative estimate of drug-likeness (QED) is 0.173. The Morgan fingerprint density at radius 2 is 2.14 bits per heavy atom. The van der Waals surface area contributed by atoms with Crippen LogP contribution in [0.2, 0.25) is 0 Å². The van der Waals surface area contributed by atoms with Gasteiger partial charge in [0.15, 0.2) is 5.82 Å². The SMILES string of the molecule is CCCCOC(=O)N(c1c(NC(=O)c2ccnc(-c3c(F)cccc3OC)n2)cc(I)c2nn(C)cc12)C1CCCNC1.